The van der Waals surface area contributed by atoms with Crippen molar-refractivity contribution < 1.29 is 9.59 Å². The fourth-order valence-corrected chi connectivity index (χ4v) is 5.66. The van der Waals surface area contributed by atoms with Gasteiger partial charge in [-0.25, -0.2) is 0 Å². The van der Waals surface area contributed by atoms with E-state index in [1.165, 1.54) is 12.8 Å². The molecule has 26 heavy (non-hydrogen) atoms. The van der Waals surface area contributed by atoms with Crippen molar-refractivity contribution in [3.63, 3.8) is 0 Å². The van der Waals surface area contributed by atoms with Crippen LogP contribution in [0.5, 0.6) is 0 Å². The third-order valence-corrected chi connectivity index (χ3v) is 7.45. The van der Waals surface area contributed by atoms with Crippen LogP contribution in [0.2, 0.25) is 10.0 Å². The van der Waals surface area contributed by atoms with Crippen molar-refractivity contribution in [3.8, 4) is 0 Å². The lowest BCUT2D eigenvalue weighted by atomic mass is 9.99. The number of Topliss-reactive ketones (excluding diaryl/α,β-unsaturated/α-hetero) is 1. The topological polar surface area (TPSA) is 40.6 Å². The minimum absolute atomic E-state index is 0.0144. The van der Waals surface area contributed by atoms with Gasteiger partial charge in [0.15, 0.2) is 5.78 Å². The quantitative estimate of drug-likeness (QED) is 0.758. The Morgan fingerprint density at radius 2 is 1.88 bits per heavy atom. The van der Waals surface area contributed by atoms with Gasteiger partial charge in [0, 0.05) is 36.6 Å². The second kappa shape index (κ2) is 7.70. The molecule has 0 N–H and O–H groups in total. The van der Waals surface area contributed by atoms with Crippen LogP contribution in [0.25, 0.3) is 0 Å². The van der Waals surface area contributed by atoms with Gasteiger partial charge in [-0.05, 0) is 43.6 Å². The van der Waals surface area contributed by atoms with Crippen LogP contribution in [-0.4, -0.2) is 65.2 Å². The number of carbonyl (C=O) groups is 2. The fourth-order valence-electron chi connectivity index (χ4n) is 4.28. The van der Waals surface area contributed by atoms with Gasteiger partial charge in [-0.15, -0.1) is 0 Å². The number of hydrogen-bond donors (Lipinski definition) is 0. The molecule has 0 spiro atoms. The van der Waals surface area contributed by atoms with Gasteiger partial charge in [0.25, 0.3) is 0 Å². The Kier molecular flexibility index (Phi) is 5.51. The van der Waals surface area contributed by atoms with Crippen LogP contribution in [0.4, 0.5) is 0 Å². The number of thioether (sulfide) groups is 1. The van der Waals surface area contributed by atoms with Crippen LogP contribution in [0.15, 0.2) is 12.1 Å². The normalized spacial score (nSPS) is 26.4. The summed E-state index contributed by atoms with van der Waals surface area (Å²) in [6.07, 6.45) is 2.72. The summed E-state index contributed by atoms with van der Waals surface area (Å²) in [5.74, 6) is 1.56. The van der Waals surface area contributed by atoms with Crippen molar-refractivity contribution in [2.75, 3.05) is 37.7 Å². The van der Waals surface area contributed by atoms with Gasteiger partial charge in [-0.3, -0.25) is 9.59 Å². The van der Waals surface area contributed by atoms with E-state index in [2.05, 4.69) is 4.90 Å². The molecule has 1 amide bonds. The Morgan fingerprint density at radius 1 is 1.15 bits per heavy atom. The van der Waals surface area contributed by atoms with E-state index in [1.54, 1.807) is 12.1 Å². The zero-order chi connectivity index (χ0) is 18.3. The predicted molar refractivity (Wildman–Crippen MR) is 107 cm³/mol. The molecule has 4 rings (SSSR count). The molecule has 0 unspecified atom stereocenters. The lowest BCUT2D eigenvalue weighted by Gasteiger charge is -2.39. The monoisotopic (exact) mass is 412 g/mol. The predicted octanol–water partition coefficient (Wildman–Crippen LogP) is 3.70. The van der Waals surface area contributed by atoms with Crippen LogP contribution in [0, 0.1) is 0 Å². The molecule has 4 nitrogen and oxygen atoms in total. The van der Waals surface area contributed by atoms with Crippen molar-refractivity contribution in [2.45, 2.75) is 31.2 Å². The second-order valence-electron chi connectivity index (χ2n) is 7.30. The van der Waals surface area contributed by atoms with Gasteiger partial charge in [0.1, 0.15) is 0 Å². The average molecular weight is 413 g/mol. The molecular weight excluding hydrogens is 391 g/mol. The number of nitrogens with zero attached hydrogens (tertiary/aromatic N) is 2. The Hall–Kier alpha value is -0.750. The number of fused-ring (bicyclic) bond motifs is 1. The van der Waals surface area contributed by atoms with E-state index < -0.39 is 5.92 Å². The molecule has 0 aromatic heterocycles. The number of ketones is 1. The van der Waals surface area contributed by atoms with E-state index in [0.717, 1.165) is 43.2 Å². The van der Waals surface area contributed by atoms with Gasteiger partial charge >= 0.3 is 0 Å². The summed E-state index contributed by atoms with van der Waals surface area (Å²) < 4.78 is 0. The standard InChI is InChI=1S/C19H22Cl2N2O2S/c20-16-7-13-14(8-17(16)21)18(24)9-15(13)19(25)23-5-6-26-11-12(23)10-22-3-1-2-4-22/h7-8,12,15H,1-6,9-11H2/t12-,15+/m1/s1. The zero-order valence-corrected chi connectivity index (χ0v) is 16.9. The number of likely N-dealkylation sites (tertiary alicyclic amines) is 1. The van der Waals surface area contributed by atoms with Gasteiger partial charge in [-0.1, -0.05) is 23.2 Å². The Morgan fingerprint density at radius 3 is 2.65 bits per heavy atom. The Bertz CT molecular complexity index is 736. The van der Waals surface area contributed by atoms with E-state index in [9.17, 15) is 9.59 Å². The fraction of sp³-hybridized carbons (Fsp3) is 0.579. The number of benzene rings is 1. The highest BCUT2D eigenvalue weighted by Gasteiger charge is 2.40. The molecule has 0 radical (unpaired) electrons. The van der Waals surface area contributed by atoms with Crippen LogP contribution >= 0.6 is 35.0 Å². The molecule has 2 heterocycles. The minimum Gasteiger partial charge on any atom is -0.336 e. The van der Waals surface area contributed by atoms with Gasteiger partial charge < -0.3 is 9.80 Å². The molecule has 7 heteroatoms. The number of hydrogen-bond acceptors (Lipinski definition) is 4. The molecule has 2 fully saturated rings. The molecule has 1 aromatic rings. The van der Waals surface area contributed by atoms with Gasteiger partial charge in [0.2, 0.25) is 5.91 Å². The molecule has 140 valence electrons. The van der Waals surface area contributed by atoms with Gasteiger partial charge in [-0.2, -0.15) is 11.8 Å². The first-order chi connectivity index (χ1) is 12.5. The zero-order valence-electron chi connectivity index (χ0n) is 14.5. The maximum Gasteiger partial charge on any atom is 0.230 e. The molecule has 1 aromatic carbocycles. The summed E-state index contributed by atoms with van der Waals surface area (Å²) in [5, 5.41) is 0.772. The molecule has 0 bridgehead atoms. The van der Waals surface area contributed by atoms with Crippen LogP contribution in [0.1, 0.15) is 41.1 Å². The third-order valence-electron chi connectivity index (χ3n) is 5.63. The van der Waals surface area contributed by atoms with Crippen molar-refractivity contribution in [1.82, 2.24) is 9.80 Å². The minimum atomic E-state index is -0.420. The van der Waals surface area contributed by atoms with E-state index >= 15 is 0 Å². The lowest BCUT2D eigenvalue weighted by molar-refractivity contribution is -0.134. The Labute approximate surface area is 168 Å². The molecular formula is C19H22Cl2N2O2S. The summed E-state index contributed by atoms with van der Waals surface area (Å²) in [6.45, 7) is 3.95. The second-order valence-corrected chi connectivity index (χ2v) is 9.27. The Balaban J connectivity index is 1.56. The van der Waals surface area contributed by atoms with Gasteiger partial charge in [0.05, 0.1) is 22.0 Å². The smallest absolute Gasteiger partial charge is 0.230 e. The van der Waals surface area contributed by atoms with Crippen molar-refractivity contribution in [2.24, 2.45) is 0 Å². The summed E-state index contributed by atoms with van der Waals surface area (Å²) in [4.78, 5) is 30.2. The highest BCUT2D eigenvalue weighted by molar-refractivity contribution is 7.99. The maximum absolute atomic E-state index is 13.4. The van der Waals surface area contributed by atoms with Crippen molar-refractivity contribution in [1.29, 1.82) is 0 Å². The van der Waals surface area contributed by atoms with Crippen LogP contribution in [0.3, 0.4) is 0 Å². The number of carbonyl (C=O) groups excluding carboxylic acids is 2. The molecule has 2 atom stereocenters. The first kappa shape index (κ1) is 18.6. The largest absolute Gasteiger partial charge is 0.336 e. The summed E-state index contributed by atoms with van der Waals surface area (Å²) in [5.41, 5.74) is 1.30. The first-order valence-electron chi connectivity index (χ1n) is 9.17. The highest BCUT2D eigenvalue weighted by Crippen LogP contribution is 2.39. The number of rotatable bonds is 3. The summed E-state index contributed by atoms with van der Waals surface area (Å²) >= 11 is 14.1. The molecule has 0 saturated carbocycles. The number of amides is 1. The van der Waals surface area contributed by atoms with E-state index in [1.807, 2.05) is 16.7 Å². The highest BCUT2D eigenvalue weighted by atomic mass is 35.5. The van der Waals surface area contributed by atoms with E-state index in [4.69, 9.17) is 23.2 Å². The summed E-state index contributed by atoms with van der Waals surface area (Å²) in [7, 11) is 0. The van der Waals surface area contributed by atoms with Crippen LogP contribution in [-0.2, 0) is 4.79 Å². The average Bonchev–Trinajstić information content (AvgIpc) is 3.24. The lowest BCUT2D eigenvalue weighted by Crippen LogP contribution is -2.52. The molecule has 2 aliphatic heterocycles. The SMILES string of the molecule is O=C1C[C@H](C(=O)N2CCSC[C@H]2CN2CCCC2)c2cc(Cl)c(Cl)cc21. The van der Waals surface area contributed by atoms with Crippen molar-refractivity contribution >= 4 is 46.7 Å². The van der Waals surface area contributed by atoms with Crippen LogP contribution < -0.4 is 0 Å². The number of halogens is 2. The molecule has 2 saturated heterocycles. The van der Waals surface area contributed by atoms with Crippen molar-refractivity contribution in [3.05, 3.63) is 33.3 Å². The molecule has 1 aliphatic carbocycles. The maximum atomic E-state index is 13.4. The summed E-state index contributed by atoms with van der Waals surface area (Å²) in [6, 6.07) is 3.55. The third kappa shape index (κ3) is 3.51. The van der Waals surface area contributed by atoms with E-state index in [-0.39, 0.29) is 24.2 Å². The first-order valence-corrected chi connectivity index (χ1v) is 11.1. The molecule has 3 aliphatic rings. The van der Waals surface area contributed by atoms with E-state index in [0.29, 0.717) is 15.6 Å².